The van der Waals surface area contributed by atoms with Gasteiger partial charge < -0.3 is 5.32 Å². The molecule has 0 saturated heterocycles. The molecule has 0 fully saturated rings. The first-order valence-electron chi connectivity index (χ1n) is 7.24. The van der Waals surface area contributed by atoms with Crippen molar-refractivity contribution in [1.29, 1.82) is 0 Å². The minimum atomic E-state index is -0.956. The Bertz CT molecular complexity index is 935. The summed E-state index contributed by atoms with van der Waals surface area (Å²) >= 11 is 5.94. The Hall–Kier alpha value is -3.25. The van der Waals surface area contributed by atoms with E-state index in [1.807, 2.05) is 0 Å². The molecule has 0 aromatic heterocycles. The SMILES string of the molecule is O=C(NC(=O)c1ccccc1)NC1=C(Cl)C(=O)c2ccccc2C1=O. The van der Waals surface area contributed by atoms with E-state index in [0.717, 1.165) is 0 Å². The lowest BCUT2D eigenvalue weighted by Crippen LogP contribution is -2.42. The van der Waals surface area contributed by atoms with Crippen LogP contribution < -0.4 is 10.6 Å². The number of halogens is 1. The van der Waals surface area contributed by atoms with Crippen molar-refractivity contribution in [2.75, 3.05) is 0 Å². The number of carbonyl (C=O) groups is 4. The summed E-state index contributed by atoms with van der Waals surface area (Å²) in [6, 6.07) is 13.3. The number of benzene rings is 2. The van der Waals surface area contributed by atoms with Crippen LogP contribution >= 0.6 is 11.6 Å². The van der Waals surface area contributed by atoms with Gasteiger partial charge >= 0.3 is 6.03 Å². The minimum absolute atomic E-state index is 0.140. The minimum Gasteiger partial charge on any atom is -0.303 e. The van der Waals surface area contributed by atoms with Crippen LogP contribution in [0.3, 0.4) is 0 Å². The number of urea groups is 1. The molecule has 6 nitrogen and oxygen atoms in total. The third kappa shape index (κ3) is 3.20. The molecule has 0 radical (unpaired) electrons. The van der Waals surface area contributed by atoms with Gasteiger partial charge in [0.15, 0.2) is 0 Å². The number of hydrogen-bond donors (Lipinski definition) is 2. The van der Waals surface area contributed by atoms with Crippen LogP contribution in [0.15, 0.2) is 65.3 Å². The van der Waals surface area contributed by atoms with E-state index in [-0.39, 0.29) is 22.4 Å². The van der Waals surface area contributed by atoms with Crippen molar-refractivity contribution in [2.45, 2.75) is 0 Å². The quantitative estimate of drug-likeness (QED) is 0.867. The highest BCUT2D eigenvalue weighted by atomic mass is 35.5. The predicted octanol–water partition coefficient (Wildman–Crippen LogP) is 2.66. The summed E-state index contributed by atoms with van der Waals surface area (Å²) in [4.78, 5) is 48.6. The van der Waals surface area contributed by atoms with Crippen molar-refractivity contribution in [3.8, 4) is 0 Å². The van der Waals surface area contributed by atoms with Gasteiger partial charge in [0.1, 0.15) is 10.7 Å². The van der Waals surface area contributed by atoms with E-state index < -0.39 is 28.5 Å². The molecular formula is C18H11ClN2O4. The van der Waals surface area contributed by atoms with Crippen LogP contribution in [-0.4, -0.2) is 23.5 Å². The maximum absolute atomic E-state index is 12.4. The van der Waals surface area contributed by atoms with Crippen molar-refractivity contribution in [1.82, 2.24) is 10.6 Å². The first-order valence-corrected chi connectivity index (χ1v) is 7.62. The van der Waals surface area contributed by atoms with Crippen molar-refractivity contribution >= 4 is 35.1 Å². The highest BCUT2D eigenvalue weighted by molar-refractivity contribution is 6.50. The largest absolute Gasteiger partial charge is 0.326 e. The Labute approximate surface area is 147 Å². The van der Waals surface area contributed by atoms with E-state index in [9.17, 15) is 19.2 Å². The van der Waals surface area contributed by atoms with Crippen LogP contribution in [-0.2, 0) is 0 Å². The number of fused-ring (bicyclic) bond motifs is 1. The highest BCUT2D eigenvalue weighted by Gasteiger charge is 2.32. The van der Waals surface area contributed by atoms with Crippen LogP contribution in [0, 0.1) is 0 Å². The van der Waals surface area contributed by atoms with E-state index >= 15 is 0 Å². The summed E-state index contributed by atoms with van der Waals surface area (Å²) in [7, 11) is 0. The number of allylic oxidation sites excluding steroid dienone is 2. The lowest BCUT2D eigenvalue weighted by Gasteiger charge is -2.18. The lowest BCUT2D eigenvalue weighted by molar-refractivity contribution is 0.0956. The molecule has 0 atom stereocenters. The van der Waals surface area contributed by atoms with Gasteiger partial charge in [0, 0.05) is 16.7 Å². The zero-order valence-electron chi connectivity index (χ0n) is 12.7. The molecule has 0 bridgehead atoms. The number of Topliss-reactive ketones (excluding diaryl/α,β-unsaturated/α-hetero) is 2. The molecule has 0 aliphatic heterocycles. The molecule has 124 valence electrons. The Morgan fingerprint density at radius 2 is 1.36 bits per heavy atom. The predicted molar refractivity (Wildman–Crippen MR) is 90.4 cm³/mol. The first-order chi connectivity index (χ1) is 12.0. The number of imide groups is 1. The van der Waals surface area contributed by atoms with Gasteiger partial charge in [-0.15, -0.1) is 0 Å². The molecule has 3 rings (SSSR count). The number of ketones is 2. The van der Waals surface area contributed by atoms with Gasteiger partial charge in [0.2, 0.25) is 11.6 Å². The van der Waals surface area contributed by atoms with Crippen LogP contribution in [0.5, 0.6) is 0 Å². The third-order valence-electron chi connectivity index (χ3n) is 3.56. The highest BCUT2D eigenvalue weighted by Crippen LogP contribution is 2.27. The van der Waals surface area contributed by atoms with E-state index in [4.69, 9.17) is 11.6 Å². The van der Waals surface area contributed by atoms with Crippen molar-refractivity contribution in [3.05, 3.63) is 82.0 Å². The van der Waals surface area contributed by atoms with Crippen molar-refractivity contribution < 1.29 is 19.2 Å². The number of nitrogens with one attached hydrogen (secondary N) is 2. The van der Waals surface area contributed by atoms with Gasteiger partial charge in [-0.1, -0.05) is 54.1 Å². The van der Waals surface area contributed by atoms with Crippen molar-refractivity contribution in [3.63, 3.8) is 0 Å². The summed E-state index contributed by atoms with van der Waals surface area (Å²) in [5.41, 5.74) is 0.225. The fourth-order valence-electron chi connectivity index (χ4n) is 2.37. The summed E-state index contributed by atoms with van der Waals surface area (Å²) in [6.45, 7) is 0. The van der Waals surface area contributed by atoms with Crippen LogP contribution in [0.2, 0.25) is 0 Å². The first kappa shape index (κ1) is 16.6. The fraction of sp³-hybridized carbons (Fsp3) is 0. The third-order valence-corrected chi connectivity index (χ3v) is 3.92. The van der Waals surface area contributed by atoms with E-state index in [0.29, 0.717) is 0 Å². The summed E-state index contributed by atoms with van der Waals surface area (Å²) in [5.74, 6) is -1.81. The zero-order chi connectivity index (χ0) is 18.0. The molecule has 2 N–H and O–H groups in total. The van der Waals surface area contributed by atoms with Gasteiger partial charge in [0.05, 0.1) is 0 Å². The second kappa shape index (κ2) is 6.70. The summed E-state index contributed by atoms with van der Waals surface area (Å²) in [6.07, 6.45) is 0. The van der Waals surface area contributed by atoms with Gasteiger partial charge in [-0.3, -0.25) is 19.7 Å². The van der Waals surface area contributed by atoms with Crippen LogP contribution in [0.1, 0.15) is 31.1 Å². The Morgan fingerprint density at radius 1 is 0.800 bits per heavy atom. The molecule has 0 unspecified atom stereocenters. The topological polar surface area (TPSA) is 92.3 Å². The monoisotopic (exact) mass is 354 g/mol. The second-order valence-corrected chi connectivity index (χ2v) is 5.55. The molecule has 25 heavy (non-hydrogen) atoms. The average Bonchev–Trinajstić information content (AvgIpc) is 2.64. The average molecular weight is 355 g/mol. The van der Waals surface area contributed by atoms with Gasteiger partial charge in [0.25, 0.3) is 5.91 Å². The van der Waals surface area contributed by atoms with Gasteiger partial charge in [-0.05, 0) is 12.1 Å². The maximum Gasteiger partial charge on any atom is 0.326 e. The Kier molecular flexibility index (Phi) is 4.45. The fourth-order valence-corrected chi connectivity index (χ4v) is 2.60. The molecule has 3 amide bonds. The smallest absolute Gasteiger partial charge is 0.303 e. The zero-order valence-corrected chi connectivity index (χ0v) is 13.5. The van der Waals surface area contributed by atoms with E-state index in [1.54, 1.807) is 30.3 Å². The van der Waals surface area contributed by atoms with E-state index in [2.05, 4.69) is 10.6 Å². The number of carbonyl (C=O) groups excluding carboxylic acids is 4. The molecule has 2 aromatic carbocycles. The summed E-state index contributed by atoms with van der Waals surface area (Å²) < 4.78 is 0. The number of hydrogen-bond acceptors (Lipinski definition) is 4. The molecule has 0 saturated carbocycles. The van der Waals surface area contributed by atoms with E-state index in [1.165, 1.54) is 24.3 Å². The maximum atomic E-state index is 12.4. The molecule has 7 heteroatoms. The second-order valence-electron chi connectivity index (χ2n) is 5.17. The van der Waals surface area contributed by atoms with Crippen LogP contribution in [0.4, 0.5) is 4.79 Å². The molecule has 0 heterocycles. The number of amides is 3. The standard InChI is InChI=1S/C18H11ClN2O4/c19-13-14(16(23)12-9-5-4-8-11(12)15(13)22)20-18(25)21-17(24)10-6-2-1-3-7-10/h1-9H,(H2,20,21,24,25). The number of rotatable bonds is 2. The van der Waals surface area contributed by atoms with Crippen LogP contribution in [0.25, 0.3) is 0 Å². The molecule has 2 aromatic rings. The molecule has 1 aliphatic rings. The Morgan fingerprint density at radius 3 is 2.00 bits per heavy atom. The summed E-state index contributed by atoms with van der Waals surface area (Å²) in [5, 5.41) is 3.88. The van der Waals surface area contributed by atoms with Gasteiger partial charge in [-0.2, -0.15) is 0 Å². The normalized spacial score (nSPS) is 13.3. The van der Waals surface area contributed by atoms with Crippen molar-refractivity contribution in [2.24, 2.45) is 0 Å². The lowest BCUT2D eigenvalue weighted by atomic mass is 9.92. The molecular weight excluding hydrogens is 344 g/mol. The van der Waals surface area contributed by atoms with Gasteiger partial charge in [-0.25, -0.2) is 4.79 Å². The Balaban J connectivity index is 1.79. The molecule has 0 spiro atoms. The molecule has 1 aliphatic carbocycles.